The Bertz CT molecular complexity index is 600. The maximum absolute atomic E-state index is 12.2. The van der Waals surface area contributed by atoms with Crippen molar-refractivity contribution in [1.29, 1.82) is 0 Å². The number of hydrogen-bond acceptors (Lipinski definition) is 2. The highest BCUT2D eigenvalue weighted by Gasteiger charge is 2.16. The van der Waals surface area contributed by atoms with Crippen LogP contribution in [0, 0.1) is 0 Å². The smallest absolute Gasteiger partial charge is 0.308 e. The van der Waals surface area contributed by atoms with Gasteiger partial charge in [0.25, 0.3) is 0 Å². The predicted octanol–water partition coefficient (Wildman–Crippen LogP) is 4.05. The van der Waals surface area contributed by atoms with Gasteiger partial charge in [0.05, 0.1) is 0 Å². The third-order valence-electron chi connectivity index (χ3n) is 3.29. The molecular formula is C17H21N3O. The number of nitrogens with zero attached hydrogens (tertiary/aromatic N) is 2. The lowest BCUT2D eigenvalue weighted by Gasteiger charge is -2.21. The molecule has 0 spiro atoms. The van der Waals surface area contributed by atoms with Crippen molar-refractivity contribution in [2.45, 2.75) is 26.2 Å². The maximum Gasteiger partial charge on any atom is 0.327 e. The van der Waals surface area contributed by atoms with Gasteiger partial charge >= 0.3 is 6.03 Å². The van der Waals surface area contributed by atoms with Crippen molar-refractivity contribution >= 4 is 17.5 Å². The van der Waals surface area contributed by atoms with Crippen molar-refractivity contribution in [2.24, 2.45) is 0 Å². The Balaban J connectivity index is 2.09. The van der Waals surface area contributed by atoms with Gasteiger partial charge < -0.3 is 5.32 Å². The summed E-state index contributed by atoms with van der Waals surface area (Å²) < 4.78 is 0. The molecule has 0 bridgehead atoms. The highest BCUT2D eigenvalue weighted by atomic mass is 16.2. The van der Waals surface area contributed by atoms with E-state index in [1.165, 1.54) is 4.90 Å². The largest absolute Gasteiger partial charge is 0.327 e. The number of urea groups is 1. The number of rotatable bonds is 2. The summed E-state index contributed by atoms with van der Waals surface area (Å²) >= 11 is 0. The zero-order valence-corrected chi connectivity index (χ0v) is 12.9. The van der Waals surface area contributed by atoms with Crippen molar-refractivity contribution in [3.63, 3.8) is 0 Å². The van der Waals surface area contributed by atoms with Gasteiger partial charge in [0.15, 0.2) is 0 Å². The molecule has 0 aliphatic rings. The van der Waals surface area contributed by atoms with E-state index in [0.29, 0.717) is 5.82 Å². The molecule has 2 rings (SSSR count). The Morgan fingerprint density at radius 3 is 2.29 bits per heavy atom. The summed E-state index contributed by atoms with van der Waals surface area (Å²) in [6.45, 7) is 6.40. The van der Waals surface area contributed by atoms with Crippen LogP contribution in [0.25, 0.3) is 0 Å². The quantitative estimate of drug-likeness (QED) is 0.903. The van der Waals surface area contributed by atoms with Crippen molar-refractivity contribution in [2.75, 3.05) is 17.3 Å². The number of anilines is 2. The molecule has 1 aromatic heterocycles. The normalized spacial score (nSPS) is 11.0. The Morgan fingerprint density at radius 1 is 1.10 bits per heavy atom. The van der Waals surface area contributed by atoms with E-state index in [2.05, 4.69) is 31.1 Å². The van der Waals surface area contributed by atoms with E-state index in [1.807, 2.05) is 48.7 Å². The molecule has 2 amide bonds. The Morgan fingerprint density at radius 2 is 1.76 bits per heavy atom. The van der Waals surface area contributed by atoms with E-state index in [-0.39, 0.29) is 11.4 Å². The molecule has 0 radical (unpaired) electrons. The molecule has 21 heavy (non-hydrogen) atoms. The number of benzene rings is 1. The minimum Gasteiger partial charge on any atom is -0.308 e. The molecule has 1 N–H and O–H groups in total. The van der Waals surface area contributed by atoms with Crippen LogP contribution in [0.3, 0.4) is 0 Å². The van der Waals surface area contributed by atoms with Gasteiger partial charge in [-0.15, -0.1) is 0 Å². The summed E-state index contributed by atoms with van der Waals surface area (Å²) in [5, 5.41) is 2.83. The van der Waals surface area contributed by atoms with E-state index in [9.17, 15) is 4.79 Å². The van der Waals surface area contributed by atoms with Crippen molar-refractivity contribution in [3.05, 3.63) is 54.2 Å². The number of carbonyl (C=O) groups excluding carboxylic acids is 1. The van der Waals surface area contributed by atoms with Gasteiger partial charge in [-0.05, 0) is 29.2 Å². The van der Waals surface area contributed by atoms with Gasteiger partial charge in [-0.25, -0.2) is 9.78 Å². The summed E-state index contributed by atoms with van der Waals surface area (Å²) in [6, 6.07) is 13.0. The van der Waals surface area contributed by atoms with Crippen LogP contribution in [0.5, 0.6) is 0 Å². The van der Waals surface area contributed by atoms with Gasteiger partial charge in [0.1, 0.15) is 5.82 Å². The minimum atomic E-state index is -0.211. The second-order valence-corrected chi connectivity index (χ2v) is 6.01. The van der Waals surface area contributed by atoms with Crippen LogP contribution in [0.15, 0.2) is 48.7 Å². The van der Waals surface area contributed by atoms with Crippen LogP contribution in [0.1, 0.15) is 26.3 Å². The molecule has 1 aromatic carbocycles. The zero-order chi connectivity index (χ0) is 15.5. The second-order valence-electron chi connectivity index (χ2n) is 6.01. The fourth-order valence-corrected chi connectivity index (χ4v) is 1.86. The first-order chi connectivity index (χ1) is 9.88. The molecule has 0 aliphatic heterocycles. The van der Waals surface area contributed by atoms with Gasteiger partial charge in [0, 0.05) is 18.9 Å². The Hall–Kier alpha value is -2.36. The summed E-state index contributed by atoms with van der Waals surface area (Å²) in [5.41, 5.74) is 1.96. The van der Waals surface area contributed by atoms with Gasteiger partial charge in [-0.2, -0.15) is 0 Å². The van der Waals surface area contributed by atoms with Crippen LogP contribution in [-0.4, -0.2) is 18.1 Å². The molecule has 4 heteroatoms. The first kappa shape index (κ1) is 15.0. The number of para-hydroxylation sites is 1. The summed E-state index contributed by atoms with van der Waals surface area (Å²) in [7, 11) is 1.71. The number of pyridine rings is 1. The van der Waals surface area contributed by atoms with Crippen LogP contribution >= 0.6 is 0 Å². The molecule has 0 aliphatic carbocycles. The second kappa shape index (κ2) is 5.95. The number of amides is 2. The molecule has 0 unspecified atom stereocenters. The molecule has 110 valence electrons. The molecule has 0 atom stereocenters. The minimum absolute atomic E-state index is 0.0520. The third kappa shape index (κ3) is 3.81. The van der Waals surface area contributed by atoms with E-state index in [4.69, 9.17) is 0 Å². The standard InChI is InChI=1S/C17H21N3O/c1-17(2,3)13-10-11-15(18-12-13)20(4)16(21)19-14-8-6-5-7-9-14/h5-12H,1-4H3,(H,19,21). The summed E-state index contributed by atoms with van der Waals surface area (Å²) in [6.07, 6.45) is 1.82. The fraction of sp³-hybridized carbons (Fsp3) is 0.294. The van der Waals surface area contributed by atoms with Gasteiger partial charge in [0.2, 0.25) is 0 Å². The van der Waals surface area contributed by atoms with Crippen molar-refractivity contribution in [3.8, 4) is 0 Å². The number of aromatic nitrogens is 1. The zero-order valence-electron chi connectivity index (χ0n) is 12.9. The Labute approximate surface area is 125 Å². The fourth-order valence-electron chi connectivity index (χ4n) is 1.86. The number of nitrogens with one attached hydrogen (secondary N) is 1. The van der Waals surface area contributed by atoms with Crippen LogP contribution in [0.2, 0.25) is 0 Å². The highest BCUT2D eigenvalue weighted by molar-refractivity contribution is 6.00. The van der Waals surface area contributed by atoms with E-state index in [1.54, 1.807) is 7.05 Å². The first-order valence-electron chi connectivity index (χ1n) is 6.94. The lowest BCUT2D eigenvalue weighted by atomic mass is 9.88. The molecule has 4 nitrogen and oxygen atoms in total. The van der Waals surface area contributed by atoms with Gasteiger partial charge in [-0.1, -0.05) is 45.0 Å². The highest BCUT2D eigenvalue weighted by Crippen LogP contribution is 2.22. The van der Waals surface area contributed by atoms with Crippen LogP contribution < -0.4 is 10.2 Å². The van der Waals surface area contributed by atoms with Crippen LogP contribution in [0.4, 0.5) is 16.3 Å². The predicted molar refractivity (Wildman–Crippen MR) is 86.8 cm³/mol. The topological polar surface area (TPSA) is 45.2 Å². The van der Waals surface area contributed by atoms with E-state index < -0.39 is 0 Å². The average molecular weight is 283 g/mol. The van der Waals surface area contributed by atoms with Gasteiger partial charge in [-0.3, -0.25) is 4.90 Å². The lowest BCUT2D eigenvalue weighted by molar-refractivity contribution is 0.258. The first-order valence-corrected chi connectivity index (χ1v) is 6.94. The van der Waals surface area contributed by atoms with E-state index >= 15 is 0 Å². The lowest BCUT2D eigenvalue weighted by Crippen LogP contribution is -2.31. The van der Waals surface area contributed by atoms with Crippen molar-refractivity contribution < 1.29 is 4.79 Å². The molecule has 2 aromatic rings. The molecule has 0 saturated carbocycles. The molecular weight excluding hydrogens is 262 g/mol. The molecule has 0 fully saturated rings. The monoisotopic (exact) mass is 283 g/mol. The summed E-state index contributed by atoms with van der Waals surface area (Å²) in [4.78, 5) is 18.0. The summed E-state index contributed by atoms with van der Waals surface area (Å²) in [5.74, 6) is 0.622. The molecule has 0 saturated heterocycles. The number of hydrogen-bond donors (Lipinski definition) is 1. The Kier molecular flexibility index (Phi) is 4.26. The van der Waals surface area contributed by atoms with Crippen LogP contribution in [-0.2, 0) is 5.41 Å². The number of carbonyl (C=O) groups is 1. The average Bonchev–Trinajstić information content (AvgIpc) is 2.46. The maximum atomic E-state index is 12.2. The molecule has 1 heterocycles. The van der Waals surface area contributed by atoms with E-state index in [0.717, 1.165) is 11.3 Å². The van der Waals surface area contributed by atoms with Crippen molar-refractivity contribution in [1.82, 2.24) is 4.98 Å². The third-order valence-corrected chi connectivity index (χ3v) is 3.29. The SMILES string of the molecule is CN(C(=O)Nc1ccccc1)c1ccc(C(C)(C)C)cn1.